The van der Waals surface area contributed by atoms with Gasteiger partial charge in [-0.25, -0.2) is 4.39 Å². The topological polar surface area (TPSA) is 69.2 Å². The average molecular weight is 359 g/mol. The molecule has 3 rings (SSSR count). The van der Waals surface area contributed by atoms with Crippen LogP contribution in [0.3, 0.4) is 0 Å². The Balaban J connectivity index is 1.71. The summed E-state index contributed by atoms with van der Waals surface area (Å²) in [4.78, 5) is 14.7. The van der Waals surface area contributed by atoms with Gasteiger partial charge in [-0.05, 0) is 58.1 Å². The number of carbonyl (C=O) groups excluding carboxylic acids is 1. The van der Waals surface area contributed by atoms with Crippen molar-refractivity contribution in [2.45, 2.75) is 45.6 Å². The largest absolute Gasteiger partial charge is 0.390 e. The van der Waals surface area contributed by atoms with Crippen molar-refractivity contribution in [2.75, 3.05) is 13.1 Å². The van der Waals surface area contributed by atoms with Crippen molar-refractivity contribution in [3.8, 4) is 11.3 Å². The summed E-state index contributed by atoms with van der Waals surface area (Å²) in [7, 11) is 0. The van der Waals surface area contributed by atoms with Crippen LogP contribution >= 0.6 is 0 Å². The summed E-state index contributed by atoms with van der Waals surface area (Å²) in [6, 6.07) is 6.43. The number of hydrogen-bond acceptors (Lipinski definition) is 3. The molecule has 1 aliphatic heterocycles. The fraction of sp³-hybridized carbons (Fsp3) is 0.500. The minimum Gasteiger partial charge on any atom is -0.390 e. The molecule has 1 aromatic carbocycles. The van der Waals surface area contributed by atoms with Gasteiger partial charge in [0.2, 0.25) is 0 Å². The number of likely N-dealkylation sites (tertiary alicyclic amines) is 1. The molecule has 0 radical (unpaired) electrons. The van der Waals surface area contributed by atoms with Crippen LogP contribution in [0.15, 0.2) is 24.3 Å². The number of aromatic amines is 1. The highest BCUT2D eigenvalue weighted by Gasteiger charge is 2.29. The van der Waals surface area contributed by atoms with Gasteiger partial charge in [0.25, 0.3) is 5.91 Å². The predicted molar refractivity (Wildman–Crippen MR) is 98.3 cm³/mol. The Labute approximate surface area is 153 Å². The molecular weight excluding hydrogens is 333 g/mol. The summed E-state index contributed by atoms with van der Waals surface area (Å²) in [5, 5.41) is 16.9. The van der Waals surface area contributed by atoms with Crippen LogP contribution in [0.4, 0.5) is 4.39 Å². The zero-order valence-electron chi connectivity index (χ0n) is 15.6. The van der Waals surface area contributed by atoms with Crippen LogP contribution in [0.2, 0.25) is 0 Å². The highest BCUT2D eigenvalue weighted by molar-refractivity contribution is 5.95. The number of hydrogen-bond donors (Lipinski definition) is 2. The van der Waals surface area contributed by atoms with Gasteiger partial charge in [0.15, 0.2) is 0 Å². The zero-order chi connectivity index (χ0) is 18.9. The van der Waals surface area contributed by atoms with E-state index in [1.54, 1.807) is 25.1 Å². The second-order valence-electron chi connectivity index (χ2n) is 7.80. The van der Waals surface area contributed by atoms with Crippen LogP contribution in [0.5, 0.6) is 0 Å². The molecule has 2 aromatic rings. The van der Waals surface area contributed by atoms with E-state index in [1.165, 1.54) is 6.07 Å². The van der Waals surface area contributed by atoms with Crippen LogP contribution < -0.4 is 0 Å². The quantitative estimate of drug-likeness (QED) is 0.877. The molecule has 26 heavy (non-hydrogen) atoms. The van der Waals surface area contributed by atoms with E-state index in [0.717, 1.165) is 19.3 Å². The molecule has 0 saturated carbocycles. The van der Waals surface area contributed by atoms with Crippen molar-refractivity contribution >= 4 is 5.91 Å². The van der Waals surface area contributed by atoms with Crippen molar-refractivity contribution < 1.29 is 14.3 Å². The minimum atomic E-state index is -0.675. The van der Waals surface area contributed by atoms with Gasteiger partial charge in [0.05, 0.1) is 11.3 Å². The van der Waals surface area contributed by atoms with E-state index >= 15 is 0 Å². The normalized spacial score (nSPS) is 16.1. The van der Waals surface area contributed by atoms with E-state index in [-0.39, 0.29) is 11.7 Å². The molecule has 1 aromatic heterocycles. The Hall–Kier alpha value is -2.21. The molecular formula is C20H26FN3O2. The molecule has 0 bridgehead atoms. The first-order valence-corrected chi connectivity index (χ1v) is 9.08. The number of carbonyl (C=O) groups is 1. The molecule has 2 N–H and O–H groups in total. The Bertz CT molecular complexity index is 787. The highest BCUT2D eigenvalue weighted by atomic mass is 19.1. The monoisotopic (exact) mass is 359 g/mol. The second kappa shape index (κ2) is 7.19. The van der Waals surface area contributed by atoms with E-state index < -0.39 is 5.60 Å². The smallest absolute Gasteiger partial charge is 0.272 e. The third kappa shape index (κ3) is 3.96. The van der Waals surface area contributed by atoms with E-state index in [0.29, 0.717) is 41.5 Å². The molecule has 5 nitrogen and oxygen atoms in total. The summed E-state index contributed by atoms with van der Waals surface area (Å²) in [6.07, 6.45) is 2.50. The Morgan fingerprint density at radius 1 is 1.35 bits per heavy atom. The number of aliphatic hydroxyl groups is 1. The Kier molecular flexibility index (Phi) is 5.14. The van der Waals surface area contributed by atoms with Gasteiger partial charge >= 0.3 is 0 Å². The number of nitrogens with zero attached hydrogens (tertiary/aromatic N) is 2. The lowest BCUT2D eigenvalue weighted by molar-refractivity contribution is 0.0356. The number of benzene rings is 1. The number of rotatable bonds is 4. The lowest BCUT2D eigenvalue weighted by atomic mass is 9.86. The van der Waals surface area contributed by atoms with Crippen molar-refractivity contribution in [1.82, 2.24) is 15.1 Å². The van der Waals surface area contributed by atoms with E-state index in [9.17, 15) is 14.3 Å². The van der Waals surface area contributed by atoms with Crippen LogP contribution in [-0.4, -0.2) is 44.8 Å². The van der Waals surface area contributed by atoms with Gasteiger partial charge in [-0.15, -0.1) is 0 Å². The van der Waals surface area contributed by atoms with Crippen LogP contribution in [0, 0.1) is 18.7 Å². The fourth-order valence-corrected chi connectivity index (χ4v) is 3.73. The molecule has 0 spiro atoms. The molecule has 1 saturated heterocycles. The molecule has 0 unspecified atom stereocenters. The first kappa shape index (κ1) is 18.6. The first-order chi connectivity index (χ1) is 12.3. The zero-order valence-corrected chi connectivity index (χ0v) is 15.6. The third-order valence-corrected chi connectivity index (χ3v) is 5.04. The lowest BCUT2D eigenvalue weighted by Crippen LogP contribution is -2.40. The maximum absolute atomic E-state index is 14.0. The number of H-pyrrole nitrogens is 1. The highest BCUT2D eigenvalue weighted by Crippen LogP contribution is 2.29. The molecule has 1 fully saturated rings. The molecule has 0 atom stereocenters. The number of aromatic nitrogens is 2. The van der Waals surface area contributed by atoms with Crippen LogP contribution in [0.1, 0.15) is 49.2 Å². The molecule has 1 amide bonds. The van der Waals surface area contributed by atoms with Crippen molar-refractivity contribution in [1.29, 1.82) is 0 Å². The Morgan fingerprint density at radius 3 is 2.62 bits per heavy atom. The third-order valence-electron chi connectivity index (χ3n) is 5.04. The van der Waals surface area contributed by atoms with Crippen molar-refractivity contribution in [3.05, 3.63) is 41.3 Å². The van der Waals surface area contributed by atoms with Gasteiger partial charge < -0.3 is 10.0 Å². The lowest BCUT2D eigenvalue weighted by Gasteiger charge is -2.34. The van der Waals surface area contributed by atoms with Gasteiger partial charge in [0.1, 0.15) is 11.5 Å². The first-order valence-electron chi connectivity index (χ1n) is 9.08. The summed E-state index contributed by atoms with van der Waals surface area (Å²) in [5.41, 5.74) is 1.28. The SMILES string of the molecule is Cc1c(-c2ccccc2F)n[nH]c1C(=O)N1CCC(CC(C)(C)O)CC1. The van der Waals surface area contributed by atoms with E-state index in [1.807, 2.05) is 18.7 Å². The average Bonchev–Trinajstić information content (AvgIpc) is 2.95. The summed E-state index contributed by atoms with van der Waals surface area (Å²) >= 11 is 0. The van der Waals surface area contributed by atoms with Crippen LogP contribution in [-0.2, 0) is 0 Å². The second-order valence-corrected chi connectivity index (χ2v) is 7.80. The van der Waals surface area contributed by atoms with Crippen molar-refractivity contribution in [3.63, 3.8) is 0 Å². The van der Waals surface area contributed by atoms with E-state index in [2.05, 4.69) is 10.2 Å². The van der Waals surface area contributed by atoms with Gasteiger partial charge in [-0.3, -0.25) is 9.89 Å². The van der Waals surface area contributed by atoms with Crippen molar-refractivity contribution in [2.24, 2.45) is 5.92 Å². The predicted octanol–water partition coefficient (Wildman–Crippen LogP) is 3.54. The number of piperidine rings is 1. The number of halogens is 1. The van der Waals surface area contributed by atoms with Gasteiger partial charge in [-0.2, -0.15) is 5.10 Å². The molecule has 140 valence electrons. The van der Waals surface area contributed by atoms with Gasteiger partial charge in [0, 0.05) is 24.2 Å². The Morgan fingerprint density at radius 2 is 2.00 bits per heavy atom. The summed E-state index contributed by atoms with van der Waals surface area (Å²) in [6.45, 7) is 6.76. The standard InChI is InChI=1S/C20H26FN3O2/c1-13-17(15-6-4-5-7-16(15)21)22-23-18(13)19(25)24-10-8-14(9-11-24)12-20(2,3)26/h4-7,14,26H,8-12H2,1-3H3,(H,22,23). The number of nitrogens with one attached hydrogen (secondary N) is 1. The maximum Gasteiger partial charge on any atom is 0.272 e. The molecule has 6 heteroatoms. The summed E-state index contributed by atoms with van der Waals surface area (Å²) < 4.78 is 14.0. The fourth-order valence-electron chi connectivity index (χ4n) is 3.73. The maximum atomic E-state index is 14.0. The van der Waals surface area contributed by atoms with E-state index in [4.69, 9.17) is 0 Å². The molecule has 1 aliphatic rings. The molecule has 2 heterocycles. The van der Waals surface area contributed by atoms with Gasteiger partial charge in [-0.1, -0.05) is 12.1 Å². The minimum absolute atomic E-state index is 0.0979. The molecule has 0 aliphatic carbocycles. The summed E-state index contributed by atoms with van der Waals surface area (Å²) in [5.74, 6) is -0.0243. The number of amides is 1. The van der Waals surface area contributed by atoms with Crippen LogP contribution in [0.25, 0.3) is 11.3 Å².